The largest absolute Gasteiger partial charge is 0.385 e. The molecule has 2 amide bonds. The zero-order valence-electron chi connectivity index (χ0n) is 13.2. The third-order valence-electron chi connectivity index (χ3n) is 3.06. The number of benzene rings is 1. The zero-order chi connectivity index (χ0) is 15.8. The highest BCUT2D eigenvalue weighted by Gasteiger charge is 2.13. The Labute approximate surface area is 126 Å². The number of hydrogen-bond donors (Lipinski definition) is 1. The molecule has 116 valence electrons. The Morgan fingerprint density at radius 2 is 1.81 bits per heavy atom. The van der Waals surface area contributed by atoms with Crippen LogP contribution in [0.3, 0.4) is 0 Å². The fourth-order valence-corrected chi connectivity index (χ4v) is 2.17. The Morgan fingerprint density at radius 1 is 1.19 bits per heavy atom. The summed E-state index contributed by atoms with van der Waals surface area (Å²) in [6, 6.07) is 5.87. The van der Waals surface area contributed by atoms with E-state index in [9.17, 15) is 9.59 Å². The smallest absolute Gasteiger partial charge is 0.243 e. The Hall–Kier alpha value is -1.88. The molecule has 0 spiro atoms. The van der Waals surface area contributed by atoms with E-state index in [1.165, 1.54) is 11.8 Å². The van der Waals surface area contributed by atoms with Crippen LogP contribution in [-0.4, -0.2) is 43.5 Å². The fourth-order valence-electron chi connectivity index (χ4n) is 2.17. The van der Waals surface area contributed by atoms with Crippen LogP contribution in [-0.2, 0) is 14.3 Å². The number of hydrogen-bond acceptors (Lipinski definition) is 3. The van der Waals surface area contributed by atoms with Gasteiger partial charge in [-0.1, -0.05) is 6.07 Å². The van der Waals surface area contributed by atoms with E-state index in [0.717, 1.165) is 16.8 Å². The third kappa shape index (κ3) is 6.40. The van der Waals surface area contributed by atoms with Gasteiger partial charge in [0.15, 0.2) is 0 Å². The summed E-state index contributed by atoms with van der Waals surface area (Å²) in [7, 11) is 1.62. The lowest BCUT2D eigenvalue weighted by Gasteiger charge is -2.20. The summed E-state index contributed by atoms with van der Waals surface area (Å²) in [4.78, 5) is 25.1. The molecule has 1 rings (SSSR count). The molecule has 5 nitrogen and oxygen atoms in total. The van der Waals surface area contributed by atoms with E-state index < -0.39 is 0 Å². The number of carbonyl (C=O) groups excluding carboxylic acids is 2. The molecule has 0 fully saturated rings. The maximum absolute atomic E-state index is 12.0. The molecule has 1 N–H and O–H groups in total. The molecule has 1 aromatic rings. The van der Waals surface area contributed by atoms with Gasteiger partial charge < -0.3 is 15.0 Å². The molecule has 0 atom stereocenters. The standard InChI is InChI=1S/C16H24N2O3/c1-12-8-13(2)10-15(9-12)17-16(20)11-18(14(3)19)6-5-7-21-4/h8-10H,5-7,11H2,1-4H3,(H,17,20). The van der Waals surface area contributed by atoms with Crippen molar-refractivity contribution in [1.82, 2.24) is 4.90 Å². The number of methoxy groups -OCH3 is 1. The molecule has 0 aliphatic carbocycles. The van der Waals surface area contributed by atoms with Gasteiger partial charge in [-0.25, -0.2) is 0 Å². The quantitative estimate of drug-likeness (QED) is 0.783. The fraction of sp³-hybridized carbons (Fsp3) is 0.500. The van der Waals surface area contributed by atoms with Crippen LogP contribution >= 0.6 is 0 Å². The van der Waals surface area contributed by atoms with Crippen LogP contribution in [0.1, 0.15) is 24.5 Å². The van der Waals surface area contributed by atoms with Gasteiger partial charge in [-0.05, 0) is 43.5 Å². The number of nitrogens with one attached hydrogen (secondary N) is 1. The SMILES string of the molecule is COCCCN(CC(=O)Nc1cc(C)cc(C)c1)C(C)=O. The van der Waals surface area contributed by atoms with Crippen molar-refractivity contribution < 1.29 is 14.3 Å². The molecular weight excluding hydrogens is 268 g/mol. The second kappa shape index (κ2) is 8.42. The first-order chi connectivity index (χ1) is 9.92. The van der Waals surface area contributed by atoms with E-state index in [1.807, 2.05) is 32.0 Å². The molecule has 5 heteroatoms. The molecule has 0 saturated carbocycles. The first kappa shape index (κ1) is 17.2. The van der Waals surface area contributed by atoms with Crippen LogP contribution < -0.4 is 5.32 Å². The molecular formula is C16H24N2O3. The highest BCUT2D eigenvalue weighted by Crippen LogP contribution is 2.13. The van der Waals surface area contributed by atoms with Crippen LogP contribution in [0.5, 0.6) is 0 Å². The summed E-state index contributed by atoms with van der Waals surface area (Å²) in [5, 5.41) is 2.84. The van der Waals surface area contributed by atoms with Gasteiger partial charge in [-0.3, -0.25) is 9.59 Å². The number of rotatable bonds is 7. The molecule has 0 aromatic heterocycles. The van der Waals surface area contributed by atoms with E-state index in [4.69, 9.17) is 4.74 Å². The van der Waals surface area contributed by atoms with Gasteiger partial charge >= 0.3 is 0 Å². The van der Waals surface area contributed by atoms with Crippen molar-refractivity contribution in [3.8, 4) is 0 Å². The van der Waals surface area contributed by atoms with Crippen molar-refractivity contribution in [2.24, 2.45) is 0 Å². The van der Waals surface area contributed by atoms with Crippen LogP contribution in [0.2, 0.25) is 0 Å². The Bertz CT molecular complexity index is 480. The van der Waals surface area contributed by atoms with Crippen molar-refractivity contribution >= 4 is 17.5 Å². The van der Waals surface area contributed by atoms with Crippen LogP contribution in [0, 0.1) is 13.8 Å². The summed E-state index contributed by atoms with van der Waals surface area (Å²) in [6.07, 6.45) is 0.715. The van der Waals surface area contributed by atoms with Crippen molar-refractivity contribution in [2.45, 2.75) is 27.2 Å². The minimum atomic E-state index is -0.187. The van der Waals surface area contributed by atoms with E-state index in [-0.39, 0.29) is 18.4 Å². The minimum Gasteiger partial charge on any atom is -0.385 e. The molecule has 0 bridgehead atoms. The van der Waals surface area contributed by atoms with Crippen molar-refractivity contribution in [2.75, 3.05) is 32.1 Å². The molecule has 0 aliphatic heterocycles. The minimum absolute atomic E-state index is 0.0615. The maximum atomic E-state index is 12.0. The van der Waals surface area contributed by atoms with Gasteiger partial charge in [0.1, 0.15) is 0 Å². The van der Waals surface area contributed by atoms with Gasteiger partial charge in [-0.2, -0.15) is 0 Å². The van der Waals surface area contributed by atoms with Gasteiger partial charge in [0, 0.05) is 32.9 Å². The van der Waals surface area contributed by atoms with Gasteiger partial charge in [0.05, 0.1) is 6.54 Å². The van der Waals surface area contributed by atoms with Crippen LogP contribution in [0.25, 0.3) is 0 Å². The average molecular weight is 292 g/mol. The summed E-state index contributed by atoms with van der Waals surface area (Å²) >= 11 is 0. The molecule has 0 radical (unpaired) electrons. The zero-order valence-corrected chi connectivity index (χ0v) is 13.2. The van der Waals surface area contributed by atoms with Crippen LogP contribution in [0.4, 0.5) is 5.69 Å². The van der Waals surface area contributed by atoms with Crippen molar-refractivity contribution in [1.29, 1.82) is 0 Å². The number of carbonyl (C=O) groups is 2. The summed E-state index contributed by atoms with van der Waals surface area (Å²) in [6.45, 7) is 6.58. The first-order valence-corrected chi connectivity index (χ1v) is 7.05. The predicted molar refractivity (Wildman–Crippen MR) is 83.3 cm³/mol. The molecule has 21 heavy (non-hydrogen) atoms. The molecule has 0 aliphatic rings. The summed E-state index contributed by atoms with van der Waals surface area (Å²) in [5.74, 6) is -0.297. The van der Waals surface area contributed by atoms with Crippen LogP contribution in [0.15, 0.2) is 18.2 Å². The topological polar surface area (TPSA) is 58.6 Å². The van der Waals surface area contributed by atoms with Gasteiger partial charge in [0.2, 0.25) is 11.8 Å². The lowest BCUT2D eigenvalue weighted by atomic mass is 10.1. The third-order valence-corrected chi connectivity index (χ3v) is 3.06. The predicted octanol–water partition coefficient (Wildman–Crippen LogP) is 2.13. The number of ether oxygens (including phenoxy) is 1. The highest BCUT2D eigenvalue weighted by atomic mass is 16.5. The molecule has 0 unspecified atom stereocenters. The summed E-state index contributed by atoms with van der Waals surface area (Å²) < 4.78 is 4.96. The average Bonchev–Trinajstić information content (AvgIpc) is 2.36. The van der Waals surface area contributed by atoms with E-state index in [1.54, 1.807) is 7.11 Å². The molecule has 0 heterocycles. The number of anilines is 1. The number of amides is 2. The van der Waals surface area contributed by atoms with Gasteiger partial charge in [0.25, 0.3) is 0 Å². The maximum Gasteiger partial charge on any atom is 0.243 e. The Kier molecular flexibility index (Phi) is 6.88. The Morgan fingerprint density at radius 3 is 2.33 bits per heavy atom. The van der Waals surface area contributed by atoms with Crippen molar-refractivity contribution in [3.05, 3.63) is 29.3 Å². The summed E-state index contributed by atoms with van der Waals surface area (Å²) in [5.41, 5.74) is 2.94. The molecule has 1 aromatic carbocycles. The Balaban J connectivity index is 2.58. The van der Waals surface area contributed by atoms with Gasteiger partial charge in [-0.15, -0.1) is 0 Å². The number of nitrogens with zero attached hydrogens (tertiary/aromatic N) is 1. The van der Waals surface area contributed by atoms with E-state index in [2.05, 4.69) is 5.32 Å². The number of aryl methyl sites for hydroxylation is 2. The lowest BCUT2D eigenvalue weighted by Crippen LogP contribution is -2.37. The molecule has 0 saturated heterocycles. The van der Waals surface area contributed by atoms with E-state index >= 15 is 0 Å². The second-order valence-electron chi connectivity index (χ2n) is 5.21. The highest BCUT2D eigenvalue weighted by molar-refractivity contribution is 5.94. The van der Waals surface area contributed by atoms with Crippen molar-refractivity contribution in [3.63, 3.8) is 0 Å². The first-order valence-electron chi connectivity index (χ1n) is 7.05. The lowest BCUT2D eigenvalue weighted by molar-refractivity contribution is -0.132. The monoisotopic (exact) mass is 292 g/mol. The van der Waals surface area contributed by atoms with E-state index in [0.29, 0.717) is 19.6 Å². The normalized spacial score (nSPS) is 10.3. The second-order valence-corrected chi connectivity index (χ2v) is 5.21.